The average Bonchev–Trinajstić information content (AvgIpc) is 2.31. The summed E-state index contributed by atoms with van der Waals surface area (Å²) < 4.78 is 5.72. The van der Waals surface area contributed by atoms with E-state index in [0.717, 1.165) is 6.42 Å². The Bertz CT molecular complexity index is 243. The molecule has 0 bridgehead atoms. The molecular weight excluding hydrogens is 198 g/mol. The van der Waals surface area contributed by atoms with Crippen molar-refractivity contribution in [2.75, 3.05) is 14.2 Å². The Balaban J connectivity index is 3.07. The number of methoxy groups -OCH3 is 1. The van der Waals surface area contributed by atoms with Crippen LogP contribution in [0, 0.1) is 5.92 Å². The van der Waals surface area contributed by atoms with Gasteiger partial charge in [-0.25, -0.2) is 0 Å². The lowest BCUT2D eigenvalue weighted by Gasteiger charge is -2.59. The van der Waals surface area contributed by atoms with Gasteiger partial charge in [0.25, 0.3) is 0 Å². The van der Waals surface area contributed by atoms with Crippen molar-refractivity contribution in [2.24, 2.45) is 5.92 Å². The maximum Gasteiger partial charge on any atom is 0.0631 e. The van der Waals surface area contributed by atoms with E-state index in [-0.39, 0.29) is 11.1 Å². The highest BCUT2D eigenvalue weighted by Crippen LogP contribution is 2.45. The molecule has 0 N–H and O–H groups in total. The molecule has 1 rings (SSSR count). The molecule has 0 aliphatic carbocycles. The van der Waals surface area contributed by atoms with Gasteiger partial charge in [-0.15, -0.1) is 0 Å². The summed E-state index contributed by atoms with van der Waals surface area (Å²) in [5.74, 6) is 0.590. The largest absolute Gasteiger partial charge is 0.381 e. The fourth-order valence-corrected chi connectivity index (χ4v) is 3.30. The first-order valence-corrected chi connectivity index (χ1v) is 6.62. The van der Waals surface area contributed by atoms with Crippen molar-refractivity contribution in [1.29, 1.82) is 0 Å². The molecule has 1 fully saturated rings. The zero-order valence-corrected chi connectivity index (χ0v) is 12.1. The normalized spacial score (nSPS) is 45.9. The minimum absolute atomic E-state index is 0.254. The SMILES string of the molecule is CCC1(C)CC(OC)C(C)C(C)(CC)N1C. The Morgan fingerprint density at radius 2 is 1.81 bits per heavy atom. The molecule has 4 unspecified atom stereocenters. The van der Waals surface area contributed by atoms with Gasteiger partial charge in [0.15, 0.2) is 0 Å². The lowest BCUT2D eigenvalue weighted by atomic mass is 9.68. The molecule has 1 aliphatic heterocycles. The molecule has 0 spiro atoms. The zero-order chi connectivity index (χ0) is 12.6. The summed E-state index contributed by atoms with van der Waals surface area (Å²) in [6, 6.07) is 0. The summed E-state index contributed by atoms with van der Waals surface area (Å²) >= 11 is 0. The first kappa shape index (κ1) is 14.0. The van der Waals surface area contributed by atoms with E-state index in [4.69, 9.17) is 4.74 Å². The highest BCUT2D eigenvalue weighted by atomic mass is 16.5. The van der Waals surface area contributed by atoms with E-state index >= 15 is 0 Å². The maximum atomic E-state index is 5.72. The summed E-state index contributed by atoms with van der Waals surface area (Å²) in [7, 11) is 4.15. The van der Waals surface area contributed by atoms with Crippen LogP contribution in [0.15, 0.2) is 0 Å². The van der Waals surface area contributed by atoms with Gasteiger partial charge >= 0.3 is 0 Å². The van der Waals surface area contributed by atoms with Gasteiger partial charge < -0.3 is 4.74 Å². The van der Waals surface area contributed by atoms with E-state index in [1.807, 2.05) is 7.11 Å². The Kier molecular flexibility index (Phi) is 4.07. The van der Waals surface area contributed by atoms with Gasteiger partial charge in [-0.05, 0) is 40.2 Å². The van der Waals surface area contributed by atoms with Gasteiger partial charge in [-0.1, -0.05) is 20.8 Å². The van der Waals surface area contributed by atoms with E-state index in [0.29, 0.717) is 12.0 Å². The van der Waals surface area contributed by atoms with Crippen molar-refractivity contribution in [3.05, 3.63) is 0 Å². The van der Waals surface area contributed by atoms with Gasteiger partial charge in [0.05, 0.1) is 6.10 Å². The number of rotatable bonds is 3. The summed E-state index contributed by atoms with van der Waals surface area (Å²) in [5.41, 5.74) is 0.529. The molecule has 96 valence electrons. The Morgan fingerprint density at radius 1 is 1.25 bits per heavy atom. The van der Waals surface area contributed by atoms with Crippen LogP contribution in [0.4, 0.5) is 0 Å². The molecule has 1 aliphatic rings. The maximum absolute atomic E-state index is 5.72. The molecular formula is C14H29NO. The topological polar surface area (TPSA) is 12.5 Å². The van der Waals surface area contributed by atoms with Gasteiger partial charge in [0.2, 0.25) is 0 Å². The van der Waals surface area contributed by atoms with E-state index in [1.165, 1.54) is 12.8 Å². The van der Waals surface area contributed by atoms with Crippen LogP contribution in [0.1, 0.15) is 53.9 Å². The third kappa shape index (κ3) is 1.91. The van der Waals surface area contributed by atoms with Crippen LogP contribution in [-0.2, 0) is 4.74 Å². The van der Waals surface area contributed by atoms with E-state index in [1.54, 1.807) is 0 Å². The van der Waals surface area contributed by atoms with Crippen LogP contribution in [0.2, 0.25) is 0 Å². The summed E-state index contributed by atoms with van der Waals surface area (Å²) in [6.45, 7) is 11.7. The first-order valence-electron chi connectivity index (χ1n) is 6.62. The zero-order valence-electron chi connectivity index (χ0n) is 12.1. The molecule has 0 amide bonds. The van der Waals surface area contributed by atoms with Crippen LogP contribution < -0.4 is 0 Å². The number of hydrogen-bond acceptors (Lipinski definition) is 2. The fourth-order valence-electron chi connectivity index (χ4n) is 3.30. The summed E-state index contributed by atoms with van der Waals surface area (Å²) in [4.78, 5) is 2.60. The molecule has 16 heavy (non-hydrogen) atoms. The molecule has 0 radical (unpaired) electrons. The Hall–Kier alpha value is -0.0800. The van der Waals surface area contributed by atoms with Crippen LogP contribution in [0.3, 0.4) is 0 Å². The second-order valence-electron chi connectivity index (χ2n) is 5.89. The Labute approximate surface area is 101 Å². The van der Waals surface area contributed by atoms with E-state index < -0.39 is 0 Å². The van der Waals surface area contributed by atoms with Crippen LogP contribution in [0.25, 0.3) is 0 Å². The average molecular weight is 227 g/mol. The van der Waals surface area contributed by atoms with Crippen LogP contribution in [0.5, 0.6) is 0 Å². The van der Waals surface area contributed by atoms with Crippen molar-refractivity contribution < 1.29 is 4.74 Å². The highest BCUT2D eigenvalue weighted by molar-refractivity contribution is 5.05. The number of hydrogen-bond donors (Lipinski definition) is 0. The van der Waals surface area contributed by atoms with Crippen molar-refractivity contribution in [3.63, 3.8) is 0 Å². The molecule has 4 atom stereocenters. The molecule has 0 saturated carbocycles. The lowest BCUT2D eigenvalue weighted by Crippen LogP contribution is -2.66. The molecule has 1 saturated heterocycles. The molecule has 1 heterocycles. The lowest BCUT2D eigenvalue weighted by molar-refractivity contribution is -0.134. The Morgan fingerprint density at radius 3 is 2.19 bits per heavy atom. The summed E-state index contributed by atoms with van der Waals surface area (Å²) in [5, 5.41) is 0. The number of likely N-dealkylation sites (tertiary alicyclic amines) is 1. The highest BCUT2D eigenvalue weighted by Gasteiger charge is 2.50. The second kappa shape index (κ2) is 4.66. The van der Waals surface area contributed by atoms with Gasteiger partial charge in [0.1, 0.15) is 0 Å². The third-order valence-corrected chi connectivity index (χ3v) is 5.54. The predicted octanol–water partition coefficient (Wildman–Crippen LogP) is 3.31. The van der Waals surface area contributed by atoms with E-state index in [2.05, 4.69) is 46.6 Å². The van der Waals surface area contributed by atoms with Crippen LogP contribution in [-0.4, -0.2) is 36.2 Å². The van der Waals surface area contributed by atoms with Crippen molar-refractivity contribution in [2.45, 2.75) is 71.1 Å². The molecule has 0 aromatic carbocycles. The second-order valence-corrected chi connectivity index (χ2v) is 5.89. The van der Waals surface area contributed by atoms with Gasteiger partial charge in [-0.3, -0.25) is 4.90 Å². The number of piperidine rings is 1. The third-order valence-electron chi connectivity index (χ3n) is 5.54. The quantitative estimate of drug-likeness (QED) is 0.733. The van der Waals surface area contributed by atoms with Crippen molar-refractivity contribution in [1.82, 2.24) is 4.90 Å². The first-order chi connectivity index (χ1) is 7.35. The molecule has 2 heteroatoms. The smallest absolute Gasteiger partial charge is 0.0631 e. The minimum Gasteiger partial charge on any atom is -0.381 e. The van der Waals surface area contributed by atoms with E-state index in [9.17, 15) is 0 Å². The van der Waals surface area contributed by atoms with Gasteiger partial charge in [-0.2, -0.15) is 0 Å². The van der Waals surface area contributed by atoms with Crippen molar-refractivity contribution in [3.8, 4) is 0 Å². The number of nitrogens with zero attached hydrogens (tertiary/aromatic N) is 1. The van der Waals surface area contributed by atoms with Gasteiger partial charge in [0, 0.05) is 24.1 Å². The minimum atomic E-state index is 0.254. The standard InChI is InChI=1S/C14H29NO/c1-8-13(4)10-12(16-7)11(3)14(5,9-2)15(13)6/h11-12H,8-10H2,1-7H3. The monoisotopic (exact) mass is 227 g/mol. The molecule has 0 aromatic heterocycles. The number of ether oxygens (including phenoxy) is 1. The molecule has 0 aromatic rings. The van der Waals surface area contributed by atoms with Crippen molar-refractivity contribution >= 4 is 0 Å². The fraction of sp³-hybridized carbons (Fsp3) is 1.00. The molecule has 2 nitrogen and oxygen atoms in total. The summed E-state index contributed by atoms with van der Waals surface area (Å²) in [6.07, 6.45) is 3.91. The van der Waals surface area contributed by atoms with Crippen LogP contribution >= 0.6 is 0 Å². The predicted molar refractivity (Wildman–Crippen MR) is 69.7 cm³/mol.